The van der Waals surface area contributed by atoms with Crippen LogP contribution >= 0.6 is 0 Å². The highest BCUT2D eigenvalue weighted by Crippen LogP contribution is 2.34. The molecule has 1 aliphatic heterocycles. The Bertz CT molecular complexity index is 1230. The number of H-pyrrole nitrogens is 1. The highest BCUT2D eigenvalue weighted by atomic mass is 19.1. The van der Waals surface area contributed by atoms with Crippen LogP contribution in [0.1, 0.15) is 31.0 Å². The number of aliphatic hydroxyl groups is 1. The first-order valence-corrected chi connectivity index (χ1v) is 11.2. The fourth-order valence-corrected chi connectivity index (χ4v) is 4.67. The zero-order valence-electron chi connectivity index (χ0n) is 18.2. The Morgan fingerprint density at radius 1 is 1.09 bits per heavy atom. The van der Waals surface area contributed by atoms with Crippen molar-refractivity contribution in [3.63, 3.8) is 0 Å². The van der Waals surface area contributed by atoms with Gasteiger partial charge in [-0.1, -0.05) is 31.2 Å². The lowest BCUT2D eigenvalue weighted by Crippen LogP contribution is -2.37. The molecule has 1 unspecified atom stereocenters. The van der Waals surface area contributed by atoms with Gasteiger partial charge in [-0.05, 0) is 54.6 Å². The van der Waals surface area contributed by atoms with E-state index in [2.05, 4.69) is 57.1 Å². The molecule has 1 aromatic carbocycles. The van der Waals surface area contributed by atoms with E-state index in [1.54, 1.807) is 0 Å². The van der Waals surface area contributed by atoms with Gasteiger partial charge in [0.15, 0.2) is 0 Å². The summed E-state index contributed by atoms with van der Waals surface area (Å²) in [5.41, 5.74) is 6.98. The summed E-state index contributed by atoms with van der Waals surface area (Å²) < 4.78 is 13.8. The Kier molecular flexibility index (Phi) is 5.72. The van der Waals surface area contributed by atoms with Crippen molar-refractivity contribution in [2.75, 3.05) is 13.1 Å². The number of rotatable bonds is 5. The second kappa shape index (κ2) is 8.81. The van der Waals surface area contributed by atoms with Gasteiger partial charge >= 0.3 is 0 Å². The fourth-order valence-electron chi connectivity index (χ4n) is 4.67. The highest BCUT2D eigenvalue weighted by molar-refractivity contribution is 5.97. The maximum atomic E-state index is 13.8. The Hall–Kier alpha value is -3.09. The van der Waals surface area contributed by atoms with E-state index in [0.29, 0.717) is 0 Å². The lowest BCUT2D eigenvalue weighted by Gasteiger charge is -2.29. The van der Waals surface area contributed by atoms with E-state index >= 15 is 0 Å². The summed E-state index contributed by atoms with van der Waals surface area (Å²) in [6.07, 6.45) is 5.91. The van der Waals surface area contributed by atoms with Crippen LogP contribution in [0.5, 0.6) is 0 Å². The van der Waals surface area contributed by atoms with Gasteiger partial charge in [0.1, 0.15) is 5.65 Å². The average molecular weight is 431 g/mol. The summed E-state index contributed by atoms with van der Waals surface area (Å²) in [4.78, 5) is 14.1. The van der Waals surface area contributed by atoms with Crippen molar-refractivity contribution in [2.45, 2.75) is 38.8 Å². The molecule has 0 bridgehead atoms. The summed E-state index contributed by atoms with van der Waals surface area (Å²) in [6, 6.07) is 14.0. The van der Waals surface area contributed by atoms with Crippen LogP contribution < -0.4 is 0 Å². The number of likely N-dealkylation sites (tertiary alicyclic amines) is 1. The number of nitrogens with zero attached hydrogens (tertiary/aromatic N) is 3. The number of aryl methyl sites for hydroxylation is 1. The number of halogens is 1. The molecule has 2 N–H and O–H groups in total. The zero-order valence-corrected chi connectivity index (χ0v) is 18.2. The fraction of sp³-hybridized carbons (Fsp3) is 0.308. The molecule has 1 fully saturated rings. The third kappa shape index (κ3) is 4.16. The molecular formula is C26H27FN4O. The van der Waals surface area contributed by atoms with Crippen molar-refractivity contribution in [2.24, 2.45) is 0 Å². The third-order valence-corrected chi connectivity index (χ3v) is 6.27. The molecule has 4 aromatic rings. The molecule has 0 aliphatic carbocycles. The number of benzene rings is 1. The first kappa shape index (κ1) is 20.8. The summed E-state index contributed by atoms with van der Waals surface area (Å²) in [7, 11) is 0. The molecule has 0 radical (unpaired) electrons. The number of nitrogens with one attached hydrogen (secondary N) is 1. The molecule has 5 nitrogen and oxygen atoms in total. The van der Waals surface area contributed by atoms with Crippen LogP contribution in [-0.2, 0) is 13.0 Å². The number of aromatic nitrogens is 3. The minimum absolute atomic E-state index is 0.210. The first-order chi connectivity index (χ1) is 15.6. The molecule has 0 saturated carbocycles. The molecule has 1 saturated heterocycles. The number of piperidine rings is 1. The molecule has 0 spiro atoms. The van der Waals surface area contributed by atoms with Gasteiger partial charge in [-0.2, -0.15) is 4.39 Å². The SMILES string of the molecule is CCc1[nH]c2ncc(-c3ccc(CN4CCCC(O)C4)cc3)cc2c1-c1ccnc(F)c1. The Morgan fingerprint density at radius 3 is 2.69 bits per heavy atom. The molecule has 3 aromatic heterocycles. The standard InChI is InChI=1S/C26H27FN4O/c1-2-23-25(19-9-10-28-24(27)13-19)22-12-20(14-29-26(22)30-23)18-7-5-17(6-8-18)15-31-11-3-4-21(32)16-31/h5-10,12-14,21,32H,2-4,11,15-16H2,1H3,(H,29,30). The van der Waals surface area contributed by atoms with Crippen LogP contribution in [-0.4, -0.2) is 44.2 Å². The highest BCUT2D eigenvalue weighted by Gasteiger charge is 2.18. The van der Waals surface area contributed by atoms with Crippen LogP contribution in [0.25, 0.3) is 33.3 Å². The third-order valence-electron chi connectivity index (χ3n) is 6.27. The van der Waals surface area contributed by atoms with Gasteiger partial charge in [0, 0.05) is 53.8 Å². The molecule has 5 rings (SSSR count). The van der Waals surface area contributed by atoms with E-state index in [9.17, 15) is 9.50 Å². The van der Waals surface area contributed by atoms with Crippen LogP contribution in [0.2, 0.25) is 0 Å². The first-order valence-electron chi connectivity index (χ1n) is 11.2. The molecule has 0 amide bonds. The van der Waals surface area contributed by atoms with Gasteiger partial charge in [0.25, 0.3) is 0 Å². The number of hydrogen-bond acceptors (Lipinski definition) is 4. The van der Waals surface area contributed by atoms with Crippen molar-refractivity contribution in [1.29, 1.82) is 0 Å². The van der Waals surface area contributed by atoms with Gasteiger partial charge < -0.3 is 10.1 Å². The molecule has 32 heavy (non-hydrogen) atoms. The van der Waals surface area contributed by atoms with Crippen molar-refractivity contribution in [1.82, 2.24) is 19.9 Å². The number of hydrogen-bond donors (Lipinski definition) is 2. The molecule has 6 heteroatoms. The summed E-state index contributed by atoms with van der Waals surface area (Å²) in [5.74, 6) is -0.486. The number of β-amino-alcohol motifs (C(OH)–C–C–N with tert-alkyl or cyclic N) is 1. The summed E-state index contributed by atoms with van der Waals surface area (Å²) in [6.45, 7) is 4.70. The van der Waals surface area contributed by atoms with E-state index < -0.39 is 5.95 Å². The normalized spacial score (nSPS) is 17.2. The molecule has 1 aliphatic rings. The Balaban J connectivity index is 1.46. The van der Waals surface area contributed by atoms with Crippen LogP contribution in [0, 0.1) is 5.95 Å². The maximum absolute atomic E-state index is 13.8. The topological polar surface area (TPSA) is 65.0 Å². The molecular weight excluding hydrogens is 403 g/mol. The predicted octanol–water partition coefficient (Wildman–Crippen LogP) is 4.95. The molecule has 1 atom stereocenters. The van der Waals surface area contributed by atoms with Crippen molar-refractivity contribution >= 4 is 11.0 Å². The van der Waals surface area contributed by atoms with Crippen LogP contribution in [0.4, 0.5) is 4.39 Å². The maximum Gasteiger partial charge on any atom is 0.213 e. The summed E-state index contributed by atoms with van der Waals surface area (Å²) >= 11 is 0. The number of aliphatic hydroxyl groups excluding tert-OH is 1. The van der Waals surface area contributed by atoms with Gasteiger partial charge in [-0.3, -0.25) is 4.90 Å². The molecule has 4 heterocycles. The lowest BCUT2D eigenvalue weighted by atomic mass is 9.99. The van der Waals surface area contributed by atoms with Crippen molar-refractivity contribution < 1.29 is 9.50 Å². The largest absolute Gasteiger partial charge is 0.392 e. The van der Waals surface area contributed by atoms with E-state index in [4.69, 9.17) is 0 Å². The second-order valence-corrected chi connectivity index (χ2v) is 8.55. The van der Waals surface area contributed by atoms with E-state index in [1.807, 2.05) is 12.3 Å². The van der Waals surface area contributed by atoms with Crippen LogP contribution in [0.15, 0.2) is 54.9 Å². The Morgan fingerprint density at radius 2 is 1.94 bits per heavy atom. The average Bonchev–Trinajstić information content (AvgIpc) is 3.17. The smallest absolute Gasteiger partial charge is 0.213 e. The van der Waals surface area contributed by atoms with Crippen molar-refractivity contribution in [3.05, 3.63) is 72.1 Å². The number of pyridine rings is 2. The van der Waals surface area contributed by atoms with Gasteiger partial charge in [-0.25, -0.2) is 9.97 Å². The zero-order chi connectivity index (χ0) is 22.1. The van der Waals surface area contributed by atoms with E-state index in [1.165, 1.54) is 17.8 Å². The van der Waals surface area contributed by atoms with E-state index in [-0.39, 0.29) is 6.10 Å². The minimum atomic E-state index is -0.486. The minimum Gasteiger partial charge on any atom is -0.392 e. The number of fused-ring (bicyclic) bond motifs is 1. The lowest BCUT2D eigenvalue weighted by molar-refractivity contribution is 0.0668. The van der Waals surface area contributed by atoms with Gasteiger partial charge in [0.2, 0.25) is 5.95 Å². The second-order valence-electron chi connectivity index (χ2n) is 8.55. The summed E-state index contributed by atoms with van der Waals surface area (Å²) in [5, 5.41) is 10.9. The quantitative estimate of drug-likeness (QED) is 0.440. The number of aromatic amines is 1. The monoisotopic (exact) mass is 430 g/mol. The van der Waals surface area contributed by atoms with Crippen LogP contribution in [0.3, 0.4) is 0 Å². The Labute approximate surface area is 187 Å². The van der Waals surface area contributed by atoms with E-state index in [0.717, 1.165) is 77.9 Å². The van der Waals surface area contributed by atoms with Gasteiger partial charge in [-0.15, -0.1) is 0 Å². The van der Waals surface area contributed by atoms with Crippen molar-refractivity contribution in [3.8, 4) is 22.3 Å². The van der Waals surface area contributed by atoms with Gasteiger partial charge in [0.05, 0.1) is 6.10 Å². The predicted molar refractivity (Wildman–Crippen MR) is 125 cm³/mol. The molecule has 164 valence electrons.